The number of amides is 1. The van der Waals surface area contributed by atoms with Crippen molar-refractivity contribution in [3.05, 3.63) is 70.4 Å². The zero-order valence-electron chi connectivity index (χ0n) is 12.8. The molecule has 23 heavy (non-hydrogen) atoms. The van der Waals surface area contributed by atoms with Crippen molar-refractivity contribution in [1.29, 1.82) is 0 Å². The molecule has 0 aliphatic carbocycles. The fourth-order valence-electron chi connectivity index (χ4n) is 2.51. The fourth-order valence-corrected chi connectivity index (χ4v) is 4.21. The van der Waals surface area contributed by atoms with Gasteiger partial charge in [-0.05, 0) is 27.8 Å². The van der Waals surface area contributed by atoms with Gasteiger partial charge in [-0.1, -0.05) is 48.5 Å². The lowest BCUT2D eigenvalue weighted by molar-refractivity contribution is -0.120. The Bertz CT molecular complexity index is 763. The first-order valence-electron chi connectivity index (χ1n) is 7.66. The first-order chi connectivity index (χ1) is 11.3. The highest BCUT2D eigenvalue weighted by molar-refractivity contribution is 7.98. The highest BCUT2D eigenvalue weighted by Crippen LogP contribution is 2.19. The van der Waals surface area contributed by atoms with E-state index >= 15 is 0 Å². The zero-order valence-corrected chi connectivity index (χ0v) is 14.5. The number of rotatable bonds is 7. The summed E-state index contributed by atoms with van der Waals surface area (Å²) >= 11 is 3.64. The monoisotopic (exact) mass is 341 g/mol. The van der Waals surface area contributed by atoms with E-state index in [4.69, 9.17) is 0 Å². The second kappa shape index (κ2) is 8.18. The van der Waals surface area contributed by atoms with Crippen LogP contribution in [-0.4, -0.2) is 18.2 Å². The minimum absolute atomic E-state index is 0.0954. The molecule has 0 aliphatic heterocycles. The lowest BCUT2D eigenvalue weighted by Gasteiger charge is -2.08. The van der Waals surface area contributed by atoms with E-state index in [1.807, 2.05) is 36.0 Å². The normalized spacial score (nSPS) is 10.8. The van der Waals surface area contributed by atoms with Crippen molar-refractivity contribution < 1.29 is 4.79 Å². The Morgan fingerprint density at radius 1 is 1.04 bits per heavy atom. The quantitative estimate of drug-likeness (QED) is 0.641. The molecule has 0 spiro atoms. The fraction of sp³-hybridized carbons (Fsp3) is 0.211. The van der Waals surface area contributed by atoms with Crippen LogP contribution < -0.4 is 5.32 Å². The van der Waals surface area contributed by atoms with Crippen LogP contribution in [0.5, 0.6) is 0 Å². The number of hydrogen-bond donors (Lipinski definition) is 1. The van der Waals surface area contributed by atoms with Gasteiger partial charge < -0.3 is 5.32 Å². The van der Waals surface area contributed by atoms with Crippen LogP contribution in [0.1, 0.15) is 10.4 Å². The molecule has 3 rings (SSSR count). The van der Waals surface area contributed by atoms with Crippen LogP contribution in [0.25, 0.3) is 10.8 Å². The predicted octanol–water partition coefficient (Wildman–Crippen LogP) is 4.49. The first-order valence-corrected chi connectivity index (χ1v) is 9.70. The third-order valence-electron chi connectivity index (χ3n) is 3.62. The van der Waals surface area contributed by atoms with Crippen LogP contribution in [0.3, 0.4) is 0 Å². The number of thioether (sulfide) groups is 1. The van der Waals surface area contributed by atoms with Crippen LogP contribution in [0, 0.1) is 0 Å². The molecule has 0 fully saturated rings. The summed E-state index contributed by atoms with van der Waals surface area (Å²) in [6.45, 7) is 0.722. The number of thiophene rings is 1. The maximum Gasteiger partial charge on any atom is 0.224 e. The Morgan fingerprint density at radius 2 is 1.91 bits per heavy atom. The molecule has 0 saturated carbocycles. The second-order valence-electron chi connectivity index (χ2n) is 5.30. The van der Waals surface area contributed by atoms with Gasteiger partial charge in [0.2, 0.25) is 5.91 Å². The van der Waals surface area contributed by atoms with Crippen molar-refractivity contribution in [3.8, 4) is 0 Å². The summed E-state index contributed by atoms with van der Waals surface area (Å²) in [7, 11) is 0. The van der Waals surface area contributed by atoms with Gasteiger partial charge in [0.1, 0.15) is 0 Å². The lowest BCUT2D eigenvalue weighted by Crippen LogP contribution is -2.27. The van der Waals surface area contributed by atoms with Crippen molar-refractivity contribution in [2.45, 2.75) is 12.2 Å². The average Bonchev–Trinajstić information content (AvgIpc) is 3.08. The van der Waals surface area contributed by atoms with Gasteiger partial charge in [-0.15, -0.1) is 11.3 Å². The van der Waals surface area contributed by atoms with Crippen molar-refractivity contribution in [3.63, 3.8) is 0 Å². The molecule has 0 bridgehead atoms. The van der Waals surface area contributed by atoms with E-state index in [-0.39, 0.29) is 5.91 Å². The van der Waals surface area contributed by atoms with Gasteiger partial charge in [0.05, 0.1) is 6.42 Å². The third kappa shape index (κ3) is 4.60. The maximum atomic E-state index is 12.1. The van der Waals surface area contributed by atoms with Gasteiger partial charge in [-0.3, -0.25) is 4.79 Å². The molecule has 0 unspecified atom stereocenters. The Balaban J connectivity index is 1.45. The Kier molecular flexibility index (Phi) is 5.72. The van der Waals surface area contributed by atoms with E-state index in [0.717, 1.165) is 29.0 Å². The minimum atomic E-state index is 0.0954. The van der Waals surface area contributed by atoms with Crippen molar-refractivity contribution in [1.82, 2.24) is 5.32 Å². The highest BCUT2D eigenvalue weighted by atomic mass is 32.2. The molecule has 4 heteroatoms. The number of hydrogen-bond acceptors (Lipinski definition) is 3. The molecule has 118 valence electrons. The Morgan fingerprint density at radius 3 is 2.78 bits per heavy atom. The van der Waals surface area contributed by atoms with Gasteiger partial charge in [0.25, 0.3) is 0 Å². The first kappa shape index (κ1) is 16.1. The summed E-state index contributed by atoms with van der Waals surface area (Å²) in [6, 6.07) is 18.6. The summed E-state index contributed by atoms with van der Waals surface area (Å²) in [6.07, 6.45) is 0.441. The number of fused-ring (bicyclic) bond motifs is 1. The molecule has 0 saturated heterocycles. The highest BCUT2D eigenvalue weighted by Gasteiger charge is 2.06. The van der Waals surface area contributed by atoms with Gasteiger partial charge in [-0.2, -0.15) is 11.8 Å². The summed E-state index contributed by atoms with van der Waals surface area (Å²) in [4.78, 5) is 13.5. The SMILES string of the molecule is O=C(Cc1cccc2ccccc12)NCCSCc1cccs1. The summed E-state index contributed by atoms with van der Waals surface area (Å²) in [5, 5.41) is 7.47. The molecule has 1 amide bonds. The standard InChI is InChI=1S/C19H19NOS2/c21-19(20-10-12-22-14-17-8-4-11-23-17)13-16-7-3-6-15-5-1-2-9-18(15)16/h1-9,11H,10,12-14H2,(H,20,21). The second-order valence-corrected chi connectivity index (χ2v) is 7.43. The van der Waals surface area contributed by atoms with Gasteiger partial charge in [0.15, 0.2) is 0 Å². The Labute approximate surface area is 144 Å². The molecular weight excluding hydrogens is 322 g/mol. The van der Waals surface area contributed by atoms with E-state index in [0.29, 0.717) is 6.42 Å². The number of carbonyl (C=O) groups is 1. The molecule has 2 nitrogen and oxygen atoms in total. The van der Waals surface area contributed by atoms with Gasteiger partial charge >= 0.3 is 0 Å². The zero-order chi connectivity index (χ0) is 15.9. The minimum Gasteiger partial charge on any atom is -0.355 e. The molecular formula is C19H19NOS2. The van der Waals surface area contributed by atoms with E-state index in [1.54, 1.807) is 11.3 Å². The number of nitrogens with one attached hydrogen (secondary N) is 1. The van der Waals surface area contributed by atoms with E-state index in [1.165, 1.54) is 10.3 Å². The predicted molar refractivity (Wildman–Crippen MR) is 101 cm³/mol. The topological polar surface area (TPSA) is 29.1 Å². The largest absolute Gasteiger partial charge is 0.355 e. The molecule has 3 aromatic rings. The molecule has 0 radical (unpaired) electrons. The van der Waals surface area contributed by atoms with Crippen LogP contribution in [-0.2, 0) is 17.0 Å². The van der Waals surface area contributed by atoms with Crippen molar-refractivity contribution in [2.75, 3.05) is 12.3 Å². The van der Waals surface area contributed by atoms with Crippen LogP contribution in [0.2, 0.25) is 0 Å². The maximum absolute atomic E-state index is 12.1. The van der Waals surface area contributed by atoms with Crippen molar-refractivity contribution in [2.24, 2.45) is 0 Å². The van der Waals surface area contributed by atoms with Gasteiger partial charge in [0, 0.05) is 22.9 Å². The molecule has 0 aliphatic rings. The third-order valence-corrected chi connectivity index (χ3v) is 5.69. The summed E-state index contributed by atoms with van der Waals surface area (Å²) in [5.74, 6) is 2.06. The van der Waals surface area contributed by atoms with E-state index < -0.39 is 0 Å². The van der Waals surface area contributed by atoms with Crippen LogP contribution >= 0.6 is 23.1 Å². The van der Waals surface area contributed by atoms with Gasteiger partial charge in [-0.25, -0.2) is 0 Å². The molecule has 1 heterocycles. The lowest BCUT2D eigenvalue weighted by atomic mass is 10.0. The molecule has 0 atom stereocenters. The van der Waals surface area contributed by atoms with E-state index in [2.05, 4.69) is 41.0 Å². The van der Waals surface area contributed by atoms with Crippen LogP contribution in [0.15, 0.2) is 60.0 Å². The molecule has 1 N–H and O–H groups in total. The van der Waals surface area contributed by atoms with Crippen LogP contribution in [0.4, 0.5) is 0 Å². The number of carbonyl (C=O) groups excluding carboxylic acids is 1. The average molecular weight is 342 g/mol. The van der Waals surface area contributed by atoms with Crippen molar-refractivity contribution >= 4 is 39.8 Å². The number of benzene rings is 2. The molecule has 1 aromatic heterocycles. The smallest absolute Gasteiger partial charge is 0.224 e. The summed E-state index contributed by atoms with van der Waals surface area (Å²) in [5.41, 5.74) is 1.09. The molecule has 2 aromatic carbocycles. The summed E-state index contributed by atoms with van der Waals surface area (Å²) < 4.78 is 0. The Hall–Kier alpha value is -1.78. The van der Waals surface area contributed by atoms with E-state index in [9.17, 15) is 4.79 Å².